The van der Waals surface area contributed by atoms with E-state index in [1.165, 1.54) is 6.07 Å². The van der Waals surface area contributed by atoms with Crippen LogP contribution in [-0.2, 0) is 6.54 Å². The van der Waals surface area contributed by atoms with Crippen LogP contribution in [0.5, 0.6) is 0 Å². The molecule has 7 nitrogen and oxygen atoms in total. The monoisotopic (exact) mass is 440 g/mol. The zero-order valence-electron chi connectivity index (χ0n) is 17.3. The van der Waals surface area contributed by atoms with Gasteiger partial charge in [0.25, 0.3) is 0 Å². The van der Waals surface area contributed by atoms with Crippen molar-refractivity contribution in [2.75, 3.05) is 60.6 Å². The number of thioether (sulfide) groups is 1. The average Bonchev–Trinajstić information content (AvgIpc) is 3.29. The van der Waals surface area contributed by atoms with Crippen molar-refractivity contribution in [3.8, 4) is 11.4 Å². The van der Waals surface area contributed by atoms with Crippen LogP contribution in [0.3, 0.4) is 0 Å². The molecule has 0 amide bonds. The first-order valence-corrected chi connectivity index (χ1v) is 11.8. The lowest BCUT2D eigenvalue weighted by molar-refractivity contribution is 0.215. The molecule has 9 heteroatoms. The molecule has 3 aromatic rings. The van der Waals surface area contributed by atoms with E-state index >= 15 is 0 Å². The molecule has 2 aromatic heterocycles. The van der Waals surface area contributed by atoms with Crippen molar-refractivity contribution in [3.63, 3.8) is 0 Å². The number of nitrogens with zero attached hydrogens (tertiary/aromatic N) is 6. The molecule has 2 aliphatic rings. The molecule has 0 bridgehead atoms. The Labute approximate surface area is 185 Å². The maximum atomic E-state index is 14.0. The van der Waals surface area contributed by atoms with Gasteiger partial charge in [0.1, 0.15) is 11.6 Å². The summed E-state index contributed by atoms with van der Waals surface area (Å²) in [4.78, 5) is 15.8. The highest BCUT2D eigenvalue weighted by molar-refractivity contribution is 7.99. The maximum Gasteiger partial charge on any atom is 0.241 e. The molecule has 5 rings (SSSR count). The molecule has 0 saturated carbocycles. The Morgan fingerprint density at radius 2 is 1.74 bits per heavy atom. The van der Waals surface area contributed by atoms with Crippen LogP contribution in [-0.4, -0.2) is 70.8 Å². The first kappa shape index (κ1) is 20.3. The van der Waals surface area contributed by atoms with E-state index in [2.05, 4.69) is 29.8 Å². The van der Waals surface area contributed by atoms with Gasteiger partial charge >= 0.3 is 0 Å². The molecular weight excluding hydrogens is 415 g/mol. The summed E-state index contributed by atoms with van der Waals surface area (Å²) >= 11 is 1.98. The van der Waals surface area contributed by atoms with Crippen molar-refractivity contribution in [3.05, 3.63) is 54.3 Å². The molecule has 2 aliphatic heterocycles. The number of aromatic nitrogens is 3. The van der Waals surface area contributed by atoms with Crippen LogP contribution in [0.15, 0.2) is 47.1 Å². The molecular formula is C22H25FN6OS. The second-order valence-corrected chi connectivity index (χ2v) is 8.96. The quantitative estimate of drug-likeness (QED) is 0.600. The summed E-state index contributed by atoms with van der Waals surface area (Å²) in [5, 5.41) is 4.14. The largest absolute Gasteiger partial charge is 0.367 e. The van der Waals surface area contributed by atoms with Crippen LogP contribution in [0.2, 0.25) is 0 Å². The standard InChI is InChI=1S/C22H25FN6OS/c23-18-3-1-2-4-19(18)28-9-7-27(8-10-28)16-21-25-22(26-30-21)17-5-6-20(24-15-17)29-11-13-31-14-12-29/h1-6,15H,7-14,16H2. The van der Waals surface area contributed by atoms with E-state index in [9.17, 15) is 4.39 Å². The smallest absolute Gasteiger partial charge is 0.241 e. The topological polar surface area (TPSA) is 61.5 Å². The van der Waals surface area contributed by atoms with Crippen molar-refractivity contribution in [2.45, 2.75) is 6.54 Å². The van der Waals surface area contributed by atoms with E-state index in [4.69, 9.17) is 4.52 Å². The third kappa shape index (κ3) is 4.67. The number of hydrogen-bond acceptors (Lipinski definition) is 8. The summed E-state index contributed by atoms with van der Waals surface area (Å²) in [6.07, 6.45) is 1.82. The summed E-state index contributed by atoms with van der Waals surface area (Å²) in [5.41, 5.74) is 1.52. The van der Waals surface area contributed by atoms with Gasteiger partial charge in [-0.25, -0.2) is 9.37 Å². The summed E-state index contributed by atoms with van der Waals surface area (Å²) in [6, 6.07) is 11.0. The molecule has 0 unspecified atom stereocenters. The summed E-state index contributed by atoms with van der Waals surface area (Å²) in [5.74, 6) is 4.27. The number of anilines is 2. The molecule has 1 aromatic carbocycles. The van der Waals surface area contributed by atoms with Crippen molar-refractivity contribution >= 4 is 23.3 Å². The van der Waals surface area contributed by atoms with Gasteiger partial charge in [-0.3, -0.25) is 4.90 Å². The number of para-hydroxylation sites is 1. The Hall–Kier alpha value is -2.65. The van der Waals surface area contributed by atoms with Gasteiger partial charge in [0.05, 0.1) is 12.2 Å². The van der Waals surface area contributed by atoms with Crippen LogP contribution >= 0.6 is 11.8 Å². The fourth-order valence-electron chi connectivity index (χ4n) is 3.98. The molecule has 0 radical (unpaired) electrons. The van der Waals surface area contributed by atoms with Gasteiger partial charge in [0.15, 0.2) is 0 Å². The Bertz CT molecular complexity index is 999. The number of benzene rings is 1. The highest BCUT2D eigenvalue weighted by atomic mass is 32.2. The molecule has 0 atom stereocenters. The van der Waals surface area contributed by atoms with Crippen LogP contribution < -0.4 is 9.80 Å². The third-order valence-electron chi connectivity index (χ3n) is 5.73. The SMILES string of the molecule is Fc1ccccc1N1CCN(Cc2nc(-c3ccc(N4CCSCC4)nc3)no2)CC1. The first-order chi connectivity index (χ1) is 15.3. The van der Waals surface area contributed by atoms with E-state index in [-0.39, 0.29) is 5.82 Å². The molecule has 2 fully saturated rings. The van der Waals surface area contributed by atoms with E-state index in [1.807, 2.05) is 42.2 Å². The maximum absolute atomic E-state index is 14.0. The minimum Gasteiger partial charge on any atom is -0.367 e. The Kier molecular flexibility index (Phi) is 6.04. The van der Waals surface area contributed by atoms with Gasteiger partial charge in [-0.05, 0) is 24.3 Å². The minimum absolute atomic E-state index is 0.170. The second kappa shape index (κ2) is 9.23. The predicted octanol–water partition coefficient (Wildman–Crippen LogP) is 3.15. The van der Waals surface area contributed by atoms with Gasteiger partial charge in [0.2, 0.25) is 11.7 Å². The van der Waals surface area contributed by atoms with Crippen LogP contribution in [0.25, 0.3) is 11.4 Å². The second-order valence-electron chi connectivity index (χ2n) is 7.73. The van der Waals surface area contributed by atoms with Crippen molar-refractivity contribution in [1.82, 2.24) is 20.0 Å². The summed E-state index contributed by atoms with van der Waals surface area (Å²) < 4.78 is 19.5. The van der Waals surface area contributed by atoms with Crippen molar-refractivity contribution < 1.29 is 8.91 Å². The molecule has 0 spiro atoms. The molecule has 0 aliphatic carbocycles. The van der Waals surface area contributed by atoms with Crippen LogP contribution in [0.1, 0.15) is 5.89 Å². The van der Waals surface area contributed by atoms with E-state index < -0.39 is 0 Å². The molecule has 31 heavy (non-hydrogen) atoms. The average molecular weight is 441 g/mol. The Balaban J connectivity index is 1.17. The van der Waals surface area contributed by atoms with Crippen LogP contribution in [0.4, 0.5) is 15.9 Å². The lowest BCUT2D eigenvalue weighted by atomic mass is 10.2. The number of halogens is 1. The lowest BCUT2D eigenvalue weighted by Gasteiger charge is -2.35. The van der Waals surface area contributed by atoms with Crippen molar-refractivity contribution in [2.24, 2.45) is 0 Å². The Morgan fingerprint density at radius 3 is 2.48 bits per heavy atom. The number of hydrogen-bond donors (Lipinski definition) is 0. The molecule has 0 N–H and O–H groups in total. The normalized spacial score (nSPS) is 17.8. The number of rotatable bonds is 5. The predicted molar refractivity (Wildman–Crippen MR) is 121 cm³/mol. The summed E-state index contributed by atoms with van der Waals surface area (Å²) in [6.45, 7) is 5.83. The first-order valence-electron chi connectivity index (χ1n) is 10.6. The highest BCUT2D eigenvalue weighted by Gasteiger charge is 2.21. The van der Waals surface area contributed by atoms with E-state index in [1.54, 1.807) is 6.07 Å². The van der Waals surface area contributed by atoms with E-state index in [0.717, 1.165) is 62.2 Å². The number of piperazine rings is 1. The van der Waals surface area contributed by atoms with E-state index in [0.29, 0.717) is 23.9 Å². The summed E-state index contributed by atoms with van der Waals surface area (Å²) in [7, 11) is 0. The molecule has 4 heterocycles. The fourth-order valence-corrected chi connectivity index (χ4v) is 4.88. The van der Waals surface area contributed by atoms with Crippen LogP contribution in [0, 0.1) is 5.82 Å². The minimum atomic E-state index is -0.170. The van der Waals surface area contributed by atoms with Gasteiger partial charge in [-0.2, -0.15) is 16.7 Å². The highest BCUT2D eigenvalue weighted by Crippen LogP contribution is 2.23. The van der Waals surface area contributed by atoms with Gasteiger partial charge in [0, 0.05) is 62.5 Å². The third-order valence-corrected chi connectivity index (χ3v) is 6.68. The van der Waals surface area contributed by atoms with Gasteiger partial charge in [-0.15, -0.1) is 0 Å². The van der Waals surface area contributed by atoms with Gasteiger partial charge < -0.3 is 14.3 Å². The molecule has 162 valence electrons. The fraction of sp³-hybridized carbons (Fsp3) is 0.409. The number of pyridine rings is 1. The molecule has 2 saturated heterocycles. The van der Waals surface area contributed by atoms with Crippen molar-refractivity contribution in [1.29, 1.82) is 0 Å². The Morgan fingerprint density at radius 1 is 0.935 bits per heavy atom. The lowest BCUT2D eigenvalue weighted by Crippen LogP contribution is -2.46. The zero-order chi connectivity index (χ0) is 21.0. The zero-order valence-corrected chi connectivity index (χ0v) is 18.1. The van der Waals surface area contributed by atoms with Gasteiger partial charge in [-0.1, -0.05) is 17.3 Å².